The van der Waals surface area contributed by atoms with Gasteiger partial charge in [0.15, 0.2) is 0 Å². The van der Waals surface area contributed by atoms with Crippen molar-refractivity contribution in [3.63, 3.8) is 0 Å². The van der Waals surface area contributed by atoms with Crippen LogP contribution in [0.1, 0.15) is 33.1 Å². The van der Waals surface area contributed by atoms with Gasteiger partial charge in [0.25, 0.3) is 0 Å². The molecular formula is C9H18N2OS. The van der Waals surface area contributed by atoms with E-state index in [0.29, 0.717) is 12.1 Å². The zero-order valence-corrected chi connectivity index (χ0v) is 9.18. The van der Waals surface area contributed by atoms with Gasteiger partial charge in [-0.1, -0.05) is 6.42 Å². The minimum Gasteiger partial charge on any atom is -0.288 e. The molecule has 13 heavy (non-hydrogen) atoms. The molecule has 0 aliphatic carbocycles. The molecule has 1 aliphatic heterocycles. The molecule has 1 amide bonds. The van der Waals surface area contributed by atoms with Crippen LogP contribution in [0.3, 0.4) is 0 Å². The smallest absolute Gasteiger partial charge is 0.244 e. The topological polar surface area (TPSA) is 32.3 Å². The Labute approximate surface area is 85.2 Å². The normalized spacial score (nSPS) is 30.1. The van der Waals surface area contributed by atoms with Gasteiger partial charge in [0, 0.05) is 12.1 Å². The Balaban J connectivity index is 2.48. The molecule has 0 spiro atoms. The van der Waals surface area contributed by atoms with Crippen LogP contribution in [-0.2, 0) is 4.79 Å². The second-order valence-corrected chi connectivity index (χ2v) is 4.05. The molecule has 0 saturated carbocycles. The molecule has 1 fully saturated rings. The molecule has 76 valence electrons. The SMILES string of the molecule is CC1CCCC(C)N1NC(=O)CS. The van der Waals surface area contributed by atoms with Gasteiger partial charge in [-0.2, -0.15) is 12.6 Å². The van der Waals surface area contributed by atoms with Crippen LogP contribution in [0, 0.1) is 0 Å². The summed E-state index contributed by atoms with van der Waals surface area (Å²) in [5.74, 6) is 0.250. The summed E-state index contributed by atoms with van der Waals surface area (Å²) < 4.78 is 0. The van der Waals surface area contributed by atoms with Gasteiger partial charge in [-0.05, 0) is 26.7 Å². The van der Waals surface area contributed by atoms with Gasteiger partial charge in [0.05, 0.1) is 5.75 Å². The van der Waals surface area contributed by atoms with E-state index in [2.05, 4.69) is 36.9 Å². The first kappa shape index (κ1) is 10.9. The number of amides is 1. The number of carbonyl (C=O) groups is 1. The maximum Gasteiger partial charge on any atom is 0.244 e. The summed E-state index contributed by atoms with van der Waals surface area (Å²) in [4.78, 5) is 11.1. The van der Waals surface area contributed by atoms with E-state index in [-0.39, 0.29) is 11.7 Å². The summed E-state index contributed by atoms with van der Waals surface area (Å²) in [5, 5.41) is 2.06. The lowest BCUT2D eigenvalue weighted by atomic mass is 10.00. The third-order valence-corrected chi connectivity index (χ3v) is 2.88. The number of hydrogen-bond donors (Lipinski definition) is 2. The van der Waals surface area contributed by atoms with E-state index in [0.717, 1.165) is 12.8 Å². The van der Waals surface area contributed by atoms with Gasteiger partial charge in [0.2, 0.25) is 5.91 Å². The fourth-order valence-corrected chi connectivity index (χ4v) is 1.89. The number of hydrazine groups is 1. The first-order valence-corrected chi connectivity index (χ1v) is 5.47. The molecule has 1 N–H and O–H groups in total. The highest BCUT2D eigenvalue weighted by Gasteiger charge is 2.25. The maximum absolute atomic E-state index is 11.1. The first-order valence-electron chi connectivity index (χ1n) is 4.84. The summed E-state index contributed by atoms with van der Waals surface area (Å²) in [7, 11) is 0. The third kappa shape index (κ3) is 2.88. The molecule has 1 rings (SSSR count). The van der Waals surface area contributed by atoms with Crippen molar-refractivity contribution < 1.29 is 4.79 Å². The van der Waals surface area contributed by atoms with Crippen molar-refractivity contribution in [1.29, 1.82) is 0 Å². The van der Waals surface area contributed by atoms with E-state index in [1.165, 1.54) is 6.42 Å². The van der Waals surface area contributed by atoms with Crippen molar-refractivity contribution in [2.24, 2.45) is 0 Å². The minimum atomic E-state index is -0.0102. The van der Waals surface area contributed by atoms with Crippen molar-refractivity contribution in [2.45, 2.75) is 45.2 Å². The zero-order chi connectivity index (χ0) is 9.84. The van der Waals surface area contributed by atoms with E-state index in [1.54, 1.807) is 0 Å². The summed E-state index contributed by atoms with van der Waals surface area (Å²) in [6.07, 6.45) is 3.59. The highest BCUT2D eigenvalue weighted by molar-refractivity contribution is 7.81. The molecule has 0 aromatic rings. The highest BCUT2D eigenvalue weighted by Crippen LogP contribution is 2.19. The lowest BCUT2D eigenvalue weighted by Crippen LogP contribution is -2.54. The van der Waals surface area contributed by atoms with Crippen molar-refractivity contribution >= 4 is 18.5 Å². The first-order chi connectivity index (χ1) is 6.15. The Kier molecular flexibility index (Phi) is 4.06. The largest absolute Gasteiger partial charge is 0.288 e. The lowest BCUT2D eigenvalue weighted by molar-refractivity contribution is -0.126. The Morgan fingerprint density at radius 1 is 1.46 bits per heavy atom. The average molecular weight is 202 g/mol. The Morgan fingerprint density at radius 2 is 2.00 bits per heavy atom. The number of nitrogens with one attached hydrogen (secondary N) is 1. The molecule has 4 heteroatoms. The predicted octanol–water partition coefficient (Wildman–Crippen LogP) is 1.21. The Hall–Kier alpha value is -0.220. The van der Waals surface area contributed by atoms with Crippen LogP contribution in [0.4, 0.5) is 0 Å². The van der Waals surface area contributed by atoms with Gasteiger partial charge in [-0.15, -0.1) is 0 Å². The van der Waals surface area contributed by atoms with Crippen LogP contribution in [0.2, 0.25) is 0 Å². The number of thiol groups is 1. The standard InChI is InChI=1S/C9H18N2OS/c1-7-4-3-5-8(2)11(7)10-9(12)6-13/h7-8,13H,3-6H2,1-2H3,(H,10,12). The molecule has 0 aromatic heterocycles. The molecule has 0 radical (unpaired) electrons. The molecule has 0 bridgehead atoms. The summed E-state index contributed by atoms with van der Waals surface area (Å²) in [5.41, 5.74) is 2.89. The fraction of sp³-hybridized carbons (Fsp3) is 0.889. The van der Waals surface area contributed by atoms with Crippen LogP contribution in [0.5, 0.6) is 0 Å². The van der Waals surface area contributed by atoms with Crippen LogP contribution in [0.25, 0.3) is 0 Å². The second-order valence-electron chi connectivity index (χ2n) is 3.73. The van der Waals surface area contributed by atoms with E-state index in [9.17, 15) is 4.79 Å². The summed E-state index contributed by atoms with van der Waals surface area (Å²) in [6, 6.07) is 0.903. The third-order valence-electron chi connectivity index (χ3n) is 2.59. The molecule has 1 heterocycles. The molecule has 2 unspecified atom stereocenters. The van der Waals surface area contributed by atoms with E-state index >= 15 is 0 Å². The molecular weight excluding hydrogens is 184 g/mol. The van der Waals surface area contributed by atoms with Crippen molar-refractivity contribution in [2.75, 3.05) is 5.75 Å². The maximum atomic E-state index is 11.1. The number of nitrogens with zero attached hydrogens (tertiary/aromatic N) is 1. The highest BCUT2D eigenvalue weighted by atomic mass is 32.1. The van der Waals surface area contributed by atoms with Gasteiger partial charge in [-0.3, -0.25) is 10.2 Å². The quantitative estimate of drug-likeness (QED) is 0.660. The van der Waals surface area contributed by atoms with Crippen LogP contribution >= 0.6 is 12.6 Å². The van der Waals surface area contributed by atoms with Crippen LogP contribution in [-0.4, -0.2) is 28.8 Å². The number of hydrogen-bond acceptors (Lipinski definition) is 3. The van der Waals surface area contributed by atoms with E-state index < -0.39 is 0 Å². The Bertz CT molecular complexity index is 176. The van der Waals surface area contributed by atoms with Gasteiger partial charge < -0.3 is 0 Å². The van der Waals surface area contributed by atoms with Crippen molar-refractivity contribution in [3.8, 4) is 0 Å². The molecule has 1 aliphatic rings. The molecule has 0 aromatic carbocycles. The lowest BCUT2D eigenvalue weighted by Gasteiger charge is -2.38. The van der Waals surface area contributed by atoms with Gasteiger partial charge in [0.1, 0.15) is 0 Å². The number of rotatable bonds is 2. The van der Waals surface area contributed by atoms with Gasteiger partial charge in [-0.25, -0.2) is 5.01 Å². The second kappa shape index (κ2) is 4.86. The average Bonchev–Trinajstić information content (AvgIpc) is 2.11. The van der Waals surface area contributed by atoms with Crippen molar-refractivity contribution in [3.05, 3.63) is 0 Å². The summed E-state index contributed by atoms with van der Waals surface area (Å²) >= 11 is 3.94. The molecule has 1 saturated heterocycles. The predicted molar refractivity (Wildman–Crippen MR) is 56.6 cm³/mol. The molecule has 2 atom stereocenters. The number of piperidine rings is 1. The minimum absolute atomic E-state index is 0.0102. The molecule has 3 nitrogen and oxygen atoms in total. The van der Waals surface area contributed by atoms with Crippen LogP contribution < -0.4 is 5.43 Å². The van der Waals surface area contributed by atoms with Gasteiger partial charge >= 0.3 is 0 Å². The van der Waals surface area contributed by atoms with E-state index in [4.69, 9.17) is 0 Å². The zero-order valence-electron chi connectivity index (χ0n) is 8.29. The fourth-order valence-electron chi connectivity index (χ4n) is 1.82. The monoisotopic (exact) mass is 202 g/mol. The number of carbonyl (C=O) groups excluding carboxylic acids is 1. The van der Waals surface area contributed by atoms with Crippen LogP contribution in [0.15, 0.2) is 0 Å². The van der Waals surface area contributed by atoms with E-state index in [1.807, 2.05) is 0 Å². The Morgan fingerprint density at radius 3 is 2.46 bits per heavy atom. The summed E-state index contributed by atoms with van der Waals surface area (Å²) in [6.45, 7) is 4.29. The van der Waals surface area contributed by atoms with Crippen molar-refractivity contribution in [1.82, 2.24) is 10.4 Å².